The van der Waals surface area contributed by atoms with Gasteiger partial charge in [-0.05, 0) is 31.2 Å². The quantitative estimate of drug-likeness (QED) is 0.691. The summed E-state index contributed by atoms with van der Waals surface area (Å²) in [4.78, 5) is 13.3. The third-order valence-corrected chi connectivity index (χ3v) is 3.40. The molecule has 0 radical (unpaired) electrons. The standard InChI is InChI=1S/C15H15ClN4/c1-11(16)14-19-13-6-4-9-18-15(13)20(14)10-7-12-5-2-3-8-17-12/h2-6,8-9,11H,7,10H2,1H3. The number of nitrogens with zero attached hydrogens (tertiary/aromatic N) is 4. The van der Waals surface area contributed by atoms with Crippen molar-refractivity contribution in [3.63, 3.8) is 0 Å². The van der Waals surface area contributed by atoms with E-state index in [9.17, 15) is 0 Å². The number of halogens is 1. The molecular weight excluding hydrogens is 272 g/mol. The summed E-state index contributed by atoms with van der Waals surface area (Å²) in [6.07, 6.45) is 4.42. The molecule has 0 N–H and O–H groups in total. The number of alkyl halides is 1. The highest BCUT2D eigenvalue weighted by Crippen LogP contribution is 2.23. The van der Waals surface area contributed by atoms with Crippen LogP contribution in [0.4, 0.5) is 0 Å². The molecule has 0 aliphatic heterocycles. The second kappa shape index (κ2) is 5.59. The van der Waals surface area contributed by atoms with Crippen LogP contribution in [0.15, 0.2) is 42.7 Å². The van der Waals surface area contributed by atoms with Crippen LogP contribution >= 0.6 is 11.6 Å². The van der Waals surface area contributed by atoms with E-state index in [0.717, 1.165) is 35.6 Å². The van der Waals surface area contributed by atoms with Crippen molar-refractivity contribution < 1.29 is 0 Å². The Balaban J connectivity index is 1.95. The fourth-order valence-corrected chi connectivity index (χ4v) is 2.44. The molecule has 102 valence electrons. The van der Waals surface area contributed by atoms with Crippen molar-refractivity contribution >= 4 is 22.8 Å². The molecule has 0 aliphatic rings. The first-order chi connectivity index (χ1) is 9.75. The van der Waals surface area contributed by atoms with Crippen LogP contribution in [0.3, 0.4) is 0 Å². The van der Waals surface area contributed by atoms with Crippen LogP contribution in [0.25, 0.3) is 11.2 Å². The van der Waals surface area contributed by atoms with Crippen molar-refractivity contribution in [1.29, 1.82) is 0 Å². The average Bonchev–Trinajstić information content (AvgIpc) is 2.85. The van der Waals surface area contributed by atoms with Gasteiger partial charge < -0.3 is 4.57 Å². The van der Waals surface area contributed by atoms with Crippen molar-refractivity contribution in [1.82, 2.24) is 19.5 Å². The van der Waals surface area contributed by atoms with E-state index in [4.69, 9.17) is 11.6 Å². The number of hydrogen-bond donors (Lipinski definition) is 0. The number of hydrogen-bond acceptors (Lipinski definition) is 3. The van der Waals surface area contributed by atoms with E-state index in [-0.39, 0.29) is 5.38 Å². The molecule has 20 heavy (non-hydrogen) atoms. The second-order valence-electron chi connectivity index (χ2n) is 4.65. The first-order valence-corrected chi connectivity index (χ1v) is 7.04. The van der Waals surface area contributed by atoms with Gasteiger partial charge in [0.15, 0.2) is 5.65 Å². The molecule has 1 atom stereocenters. The smallest absolute Gasteiger partial charge is 0.160 e. The third kappa shape index (κ3) is 2.51. The van der Waals surface area contributed by atoms with Gasteiger partial charge in [0.05, 0.1) is 5.38 Å². The highest BCUT2D eigenvalue weighted by molar-refractivity contribution is 6.20. The highest BCUT2D eigenvalue weighted by Gasteiger charge is 2.15. The van der Waals surface area contributed by atoms with Gasteiger partial charge in [0.1, 0.15) is 11.3 Å². The summed E-state index contributed by atoms with van der Waals surface area (Å²) in [6.45, 7) is 2.71. The molecule has 0 fully saturated rings. The van der Waals surface area contributed by atoms with Crippen LogP contribution in [0, 0.1) is 0 Å². The molecule has 0 bridgehead atoms. The summed E-state index contributed by atoms with van der Waals surface area (Å²) < 4.78 is 2.08. The maximum atomic E-state index is 6.23. The lowest BCUT2D eigenvalue weighted by atomic mass is 10.2. The van der Waals surface area contributed by atoms with Crippen LogP contribution in [0.5, 0.6) is 0 Å². The fraction of sp³-hybridized carbons (Fsp3) is 0.267. The number of aryl methyl sites for hydroxylation is 2. The van der Waals surface area contributed by atoms with Gasteiger partial charge >= 0.3 is 0 Å². The summed E-state index contributed by atoms with van der Waals surface area (Å²) in [5.74, 6) is 0.858. The minimum Gasteiger partial charge on any atom is -0.311 e. The number of fused-ring (bicyclic) bond motifs is 1. The van der Waals surface area contributed by atoms with Crippen LogP contribution in [0.1, 0.15) is 23.8 Å². The minimum atomic E-state index is -0.145. The largest absolute Gasteiger partial charge is 0.311 e. The zero-order valence-electron chi connectivity index (χ0n) is 11.2. The van der Waals surface area contributed by atoms with Gasteiger partial charge in [-0.2, -0.15) is 0 Å². The molecule has 3 rings (SSSR count). The van der Waals surface area contributed by atoms with E-state index in [2.05, 4.69) is 19.5 Å². The molecule has 3 aromatic rings. The normalized spacial score (nSPS) is 12.7. The van der Waals surface area contributed by atoms with E-state index in [1.807, 2.05) is 43.5 Å². The fourth-order valence-electron chi connectivity index (χ4n) is 2.27. The number of imidazole rings is 1. The Morgan fingerprint density at radius 1 is 1.15 bits per heavy atom. The molecule has 3 heterocycles. The summed E-state index contributed by atoms with van der Waals surface area (Å²) in [5, 5.41) is -0.145. The van der Waals surface area contributed by atoms with E-state index >= 15 is 0 Å². The van der Waals surface area contributed by atoms with Gasteiger partial charge in [-0.15, -0.1) is 11.6 Å². The van der Waals surface area contributed by atoms with Crippen molar-refractivity contribution in [2.24, 2.45) is 0 Å². The van der Waals surface area contributed by atoms with Gasteiger partial charge in [0.25, 0.3) is 0 Å². The van der Waals surface area contributed by atoms with Crippen LogP contribution < -0.4 is 0 Å². The molecule has 0 aromatic carbocycles. The summed E-state index contributed by atoms with van der Waals surface area (Å²) in [6, 6.07) is 9.79. The third-order valence-electron chi connectivity index (χ3n) is 3.21. The molecule has 0 amide bonds. The van der Waals surface area contributed by atoms with E-state index in [1.54, 1.807) is 6.20 Å². The SMILES string of the molecule is CC(Cl)c1nc2cccnc2n1CCc1ccccn1. The lowest BCUT2D eigenvalue weighted by Gasteiger charge is -2.09. The Bertz CT molecular complexity index is 706. The highest BCUT2D eigenvalue weighted by atomic mass is 35.5. The topological polar surface area (TPSA) is 43.6 Å². The monoisotopic (exact) mass is 286 g/mol. The second-order valence-corrected chi connectivity index (χ2v) is 5.31. The number of pyridine rings is 2. The van der Waals surface area contributed by atoms with Gasteiger partial charge in [-0.1, -0.05) is 6.07 Å². The molecule has 0 saturated heterocycles. The Morgan fingerprint density at radius 3 is 2.75 bits per heavy atom. The van der Waals surface area contributed by atoms with E-state index in [0.29, 0.717) is 0 Å². The number of aromatic nitrogens is 4. The van der Waals surface area contributed by atoms with Crippen molar-refractivity contribution in [2.75, 3.05) is 0 Å². The summed E-state index contributed by atoms with van der Waals surface area (Å²) >= 11 is 6.23. The van der Waals surface area contributed by atoms with Crippen LogP contribution in [0.2, 0.25) is 0 Å². The maximum Gasteiger partial charge on any atom is 0.160 e. The van der Waals surface area contributed by atoms with Crippen molar-refractivity contribution in [2.45, 2.75) is 25.3 Å². The summed E-state index contributed by atoms with van der Waals surface area (Å²) in [7, 11) is 0. The predicted octanol–water partition coefficient (Wildman–Crippen LogP) is 3.37. The van der Waals surface area contributed by atoms with E-state index in [1.165, 1.54) is 0 Å². The first-order valence-electron chi connectivity index (χ1n) is 6.61. The van der Waals surface area contributed by atoms with Crippen LogP contribution in [-0.4, -0.2) is 19.5 Å². The van der Waals surface area contributed by atoms with Gasteiger partial charge in [0, 0.05) is 31.1 Å². The molecule has 0 spiro atoms. The van der Waals surface area contributed by atoms with Gasteiger partial charge in [-0.25, -0.2) is 9.97 Å². The van der Waals surface area contributed by atoms with E-state index < -0.39 is 0 Å². The van der Waals surface area contributed by atoms with Gasteiger partial charge in [-0.3, -0.25) is 4.98 Å². The van der Waals surface area contributed by atoms with Crippen molar-refractivity contribution in [3.8, 4) is 0 Å². The Labute approximate surface area is 122 Å². The lowest BCUT2D eigenvalue weighted by molar-refractivity contribution is 0.655. The molecule has 0 aliphatic carbocycles. The zero-order valence-corrected chi connectivity index (χ0v) is 12.0. The Hall–Kier alpha value is -1.94. The lowest BCUT2D eigenvalue weighted by Crippen LogP contribution is -2.08. The average molecular weight is 287 g/mol. The predicted molar refractivity (Wildman–Crippen MR) is 79.7 cm³/mol. The first kappa shape index (κ1) is 13.1. The molecular formula is C15H15ClN4. The molecule has 5 heteroatoms. The maximum absolute atomic E-state index is 6.23. The Kier molecular flexibility index (Phi) is 3.65. The minimum absolute atomic E-state index is 0.145. The molecule has 0 saturated carbocycles. The number of rotatable bonds is 4. The van der Waals surface area contributed by atoms with Crippen LogP contribution in [-0.2, 0) is 13.0 Å². The Morgan fingerprint density at radius 2 is 2.00 bits per heavy atom. The van der Waals surface area contributed by atoms with Gasteiger partial charge in [0.2, 0.25) is 0 Å². The summed E-state index contributed by atoms with van der Waals surface area (Å²) in [5.41, 5.74) is 2.82. The molecule has 3 aromatic heterocycles. The molecule has 4 nitrogen and oxygen atoms in total. The van der Waals surface area contributed by atoms with Crippen molar-refractivity contribution in [3.05, 3.63) is 54.2 Å². The molecule has 1 unspecified atom stereocenters. The zero-order chi connectivity index (χ0) is 13.9.